The molecule has 0 saturated carbocycles. The maximum absolute atomic E-state index is 10.6. The van der Waals surface area contributed by atoms with Crippen LogP contribution in [0.1, 0.15) is 13.3 Å². The minimum absolute atomic E-state index is 0.407. The van der Waals surface area contributed by atoms with Crippen molar-refractivity contribution in [2.75, 3.05) is 0 Å². The SMILES string of the molecule is CC1([N+](=O)[O-])C=CC(O)=C([N+](=O)[O-])C1. The van der Waals surface area contributed by atoms with Gasteiger partial charge in [0, 0.05) is 11.8 Å². The van der Waals surface area contributed by atoms with Crippen molar-refractivity contribution in [1.82, 2.24) is 0 Å². The fraction of sp³-hybridized carbons (Fsp3) is 0.429. The molecule has 0 saturated heterocycles. The Labute approximate surface area is 78.6 Å². The summed E-state index contributed by atoms with van der Waals surface area (Å²) in [7, 11) is 0. The lowest BCUT2D eigenvalue weighted by molar-refractivity contribution is -0.557. The summed E-state index contributed by atoms with van der Waals surface area (Å²) in [5, 5.41) is 30.1. The van der Waals surface area contributed by atoms with E-state index >= 15 is 0 Å². The largest absolute Gasteiger partial charge is 0.502 e. The summed E-state index contributed by atoms with van der Waals surface area (Å²) in [5.41, 5.74) is -2.03. The van der Waals surface area contributed by atoms with Crippen molar-refractivity contribution in [3.8, 4) is 0 Å². The summed E-state index contributed by atoms with van der Waals surface area (Å²) in [6, 6.07) is 0. The summed E-state index contributed by atoms with van der Waals surface area (Å²) in [6.45, 7) is 1.26. The van der Waals surface area contributed by atoms with E-state index in [0.717, 1.165) is 12.2 Å². The number of nitrogens with zero attached hydrogens (tertiary/aromatic N) is 2. The minimum atomic E-state index is -1.51. The van der Waals surface area contributed by atoms with Gasteiger partial charge in [0.05, 0.1) is 4.92 Å². The highest BCUT2D eigenvalue weighted by Gasteiger charge is 2.43. The van der Waals surface area contributed by atoms with Crippen LogP contribution in [0, 0.1) is 20.2 Å². The highest BCUT2D eigenvalue weighted by Crippen LogP contribution is 2.28. The molecule has 1 atom stereocenters. The number of hydrogen-bond donors (Lipinski definition) is 1. The van der Waals surface area contributed by atoms with Crippen molar-refractivity contribution in [1.29, 1.82) is 0 Å². The van der Waals surface area contributed by atoms with Gasteiger partial charge in [0.25, 0.3) is 5.70 Å². The monoisotopic (exact) mass is 200 g/mol. The lowest BCUT2D eigenvalue weighted by Crippen LogP contribution is -2.36. The lowest BCUT2D eigenvalue weighted by Gasteiger charge is -2.18. The quantitative estimate of drug-likeness (QED) is 0.529. The molecule has 0 aromatic heterocycles. The van der Waals surface area contributed by atoms with E-state index in [9.17, 15) is 20.2 Å². The molecule has 1 N–H and O–H groups in total. The molecular weight excluding hydrogens is 192 g/mol. The van der Waals surface area contributed by atoms with Crippen LogP contribution in [0.4, 0.5) is 0 Å². The number of aliphatic hydroxyl groups excluding tert-OH is 1. The van der Waals surface area contributed by atoms with E-state index in [4.69, 9.17) is 5.11 Å². The van der Waals surface area contributed by atoms with Gasteiger partial charge in [-0.05, 0) is 12.2 Å². The molecule has 0 heterocycles. The summed E-state index contributed by atoms with van der Waals surface area (Å²) < 4.78 is 0. The first-order chi connectivity index (χ1) is 6.37. The average Bonchev–Trinajstić information content (AvgIpc) is 2.09. The summed E-state index contributed by atoms with van der Waals surface area (Å²) in [6.07, 6.45) is 1.73. The van der Waals surface area contributed by atoms with E-state index in [2.05, 4.69) is 0 Å². The normalized spacial score (nSPS) is 26.4. The first-order valence-corrected chi connectivity index (χ1v) is 3.77. The van der Waals surface area contributed by atoms with Crippen molar-refractivity contribution in [3.63, 3.8) is 0 Å². The first kappa shape index (κ1) is 10.2. The smallest absolute Gasteiger partial charge is 0.294 e. The third-order valence-electron chi connectivity index (χ3n) is 2.06. The van der Waals surface area contributed by atoms with Gasteiger partial charge < -0.3 is 5.11 Å². The molecule has 76 valence electrons. The number of aliphatic hydroxyl groups is 1. The molecule has 0 aromatic rings. The fourth-order valence-corrected chi connectivity index (χ4v) is 1.13. The van der Waals surface area contributed by atoms with Gasteiger partial charge in [0.1, 0.15) is 6.42 Å². The topological polar surface area (TPSA) is 107 Å². The van der Waals surface area contributed by atoms with Crippen molar-refractivity contribution < 1.29 is 15.0 Å². The Bertz CT molecular complexity index is 359. The van der Waals surface area contributed by atoms with E-state index in [0.29, 0.717) is 0 Å². The molecule has 1 unspecified atom stereocenters. The Kier molecular flexibility index (Phi) is 2.24. The highest BCUT2D eigenvalue weighted by atomic mass is 16.6. The zero-order valence-corrected chi connectivity index (χ0v) is 7.34. The van der Waals surface area contributed by atoms with Gasteiger partial charge in [-0.2, -0.15) is 0 Å². The predicted molar refractivity (Wildman–Crippen MR) is 45.8 cm³/mol. The predicted octanol–water partition coefficient (Wildman–Crippen LogP) is 1.03. The zero-order valence-electron chi connectivity index (χ0n) is 7.34. The van der Waals surface area contributed by atoms with Crippen LogP contribution >= 0.6 is 0 Å². The molecule has 1 aliphatic rings. The molecule has 0 bridgehead atoms. The molecule has 0 spiro atoms. The average molecular weight is 200 g/mol. The Balaban J connectivity index is 3.07. The molecule has 14 heavy (non-hydrogen) atoms. The Morgan fingerprint density at radius 1 is 1.50 bits per heavy atom. The molecular formula is C7H8N2O5. The summed E-state index contributed by atoms with van der Waals surface area (Å²) >= 11 is 0. The molecule has 1 aliphatic carbocycles. The maximum Gasteiger partial charge on any atom is 0.294 e. The van der Waals surface area contributed by atoms with Crippen molar-refractivity contribution in [2.24, 2.45) is 0 Å². The van der Waals surface area contributed by atoms with E-state index in [1.165, 1.54) is 6.92 Å². The second-order valence-electron chi connectivity index (χ2n) is 3.21. The van der Waals surface area contributed by atoms with Crippen LogP contribution in [0.25, 0.3) is 0 Å². The Hall–Kier alpha value is -1.92. The minimum Gasteiger partial charge on any atom is -0.502 e. The number of hydrogen-bond acceptors (Lipinski definition) is 5. The number of rotatable bonds is 2. The summed E-state index contributed by atoms with van der Waals surface area (Å²) in [4.78, 5) is 19.6. The van der Waals surface area contributed by atoms with Gasteiger partial charge in [-0.3, -0.25) is 20.2 Å². The number of nitro groups is 2. The molecule has 1 rings (SSSR count). The second-order valence-corrected chi connectivity index (χ2v) is 3.21. The molecule has 0 fully saturated rings. The first-order valence-electron chi connectivity index (χ1n) is 3.77. The van der Waals surface area contributed by atoms with E-state index in [-0.39, 0.29) is 0 Å². The van der Waals surface area contributed by atoms with Crippen molar-refractivity contribution >= 4 is 0 Å². The molecule has 0 aromatic carbocycles. The van der Waals surface area contributed by atoms with Gasteiger partial charge in [-0.15, -0.1) is 0 Å². The maximum atomic E-state index is 10.6. The van der Waals surface area contributed by atoms with Crippen LogP contribution < -0.4 is 0 Å². The van der Waals surface area contributed by atoms with E-state index in [1.54, 1.807) is 0 Å². The molecule has 7 heteroatoms. The van der Waals surface area contributed by atoms with Gasteiger partial charge in [-0.25, -0.2) is 0 Å². The van der Waals surface area contributed by atoms with Crippen LogP contribution in [-0.4, -0.2) is 20.5 Å². The van der Waals surface area contributed by atoms with Gasteiger partial charge in [0.2, 0.25) is 5.54 Å². The Morgan fingerprint density at radius 2 is 2.07 bits per heavy atom. The second kappa shape index (κ2) is 3.09. The van der Waals surface area contributed by atoms with E-state index in [1.807, 2.05) is 0 Å². The fourth-order valence-electron chi connectivity index (χ4n) is 1.13. The lowest BCUT2D eigenvalue weighted by atomic mass is 9.91. The van der Waals surface area contributed by atoms with Crippen LogP contribution in [0.5, 0.6) is 0 Å². The Morgan fingerprint density at radius 3 is 2.50 bits per heavy atom. The number of allylic oxidation sites excluding steroid dienone is 1. The van der Waals surface area contributed by atoms with Crippen molar-refractivity contribution in [2.45, 2.75) is 18.9 Å². The third-order valence-corrected chi connectivity index (χ3v) is 2.06. The van der Waals surface area contributed by atoms with Crippen molar-refractivity contribution in [3.05, 3.63) is 43.8 Å². The molecule has 0 amide bonds. The molecule has 0 aliphatic heterocycles. The molecule has 7 nitrogen and oxygen atoms in total. The van der Waals surface area contributed by atoms with Crippen LogP contribution in [-0.2, 0) is 0 Å². The van der Waals surface area contributed by atoms with Gasteiger partial charge in [-0.1, -0.05) is 0 Å². The molecule has 0 radical (unpaired) electrons. The zero-order chi connectivity index (χ0) is 10.9. The van der Waals surface area contributed by atoms with Gasteiger partial charge >= 0.3 is 0 Å². The van der Waals surface area contributed by atoms with Crippen LogP contribution in [0.3, 0.4) is 0 Å². The highest BCUT2D eigenvalue weighted by molar-refractivity contribution is 5.25. The third kappa shape index (κ3) is 1.56. The van der Waals surface area contributed by atoms with Crippen LogP contribution in [0.2, 0.25) is 0 Å². The standard InChI is InChI=1S/C7H8N2O5/c1-7(9(13)14)3-2-6(10)5(4-7)8(11)12/h2-3,10H,4H2,1H3. The van der Waals surface area contributed by atoms with E-state index < -0.39 is 33.3 Å². The van der Waals surface area contributed by atoms with Crippen LogP contribution in [0.15, 0.2) is 23.6 Å². The summed E-state index contributed by atoms with van der Waals surface area (Å²) in [5.74, 6) is -0.519. The van der Waals surface area contributed by atoms with Gasteiger partial charge in [0.15, 0.2) is 5.76 Å².